The lowest BCUT2D eigenvalue weighted by molar-refractivity contribution is 0.669. The molecule has 0 atom stereocenters. The lowest BCUT2D eigenvalue weighted by Gasteiger charge is -2.13. The molecular formula is C58H36N2O. The van der Waals surface area contributed by atoms with Gasteiger partial charge in [-0.1, -0.05) is 188 Å². The second-order valence-corrected chi connectivity index (χ2v) is 15.7. The van der Waals surface area contributed by atoms with E-state index in [9.17, 15) is 0 Å². The lowest BCUT2D eigenvalue weighted by Crippen LogP contribution is -1.97. The Kier molecular flexibility index (Phi) is 8.17. The van der Waals surface area contributed by atoms with Gasteiger partial charge in [-0.3, -0.25) is 0 Å². The standard InChI is InChI=1S/C58H36N2O/c1-2-11-37(12-3-1)39-23-28-43(29-24-39)53-36-54(60-58(59-53)46-30-25-38-13-4-5-15-44(38)33-46)51-35-56-57(50-19-9-8-18-49(50)51)52-34-45(31-32-55(52)61-56)40-21-26-42(27-22-40)48-20-10-16-41-14-6-7-17-47(41)48/h1-36H. The van der Waals surface area contributed by atoms with E-state index >= 15 is 0 Å². The lowest BCUT2D eigenvalue weighted by atomic mass is 9.94. The SMILES string of the molecule is c1ccc(-c2ccc(-c3cc(-c4cc5oc6ccc(-c7ccc(-c8cccc9ccccc89)cc7)cc6c5c5ccccc45)nc(-c4ccc5ccccc5c4)n3)cc2)cc1. The molecule has 10 aromatic carbocycles. The Bertz CT molecular complexity index is 3620. The molecule has 284 valence electrons. The van der Waals surface area contributed by atoms with E-state index in [-0.39, 0.29) is 0 Å². The molecule has 0 saturated carbocycles. The van der Waals surface area contributed by atoms with Crippen LogP contribution in [0.1, 0.15) is 0 Å². The van der Waals surface area contributed by atoms with Crippen LogP contribution in [0.25, 0.3) is 122 Å². The Morgan fingerprint density at radius 1 is 0.279 bits per heavy atom. The van der Waals surface area contributed by atoms with Crippen molar-refractivity contribution in [2.24, 2.45) is 0 Å². The summed E-state index contributed by atoms with van der Waals surface area (Å²) < 4.78 is 6.72. The van der Waals surface area contributed by atoms with Crippen molar-refractivity contribution >= 4 is 54.3 Å². The monoisotopic (exact) mass is 776 g/mol. The van der Waals surface area contributed by atoms with Gasteiger partial charge in [0.05, 0.1) is 11.4 Å². The Morgan fingerprint density at radius 3 is 1.69 bits per heavy atom. The van der Waals surface area contributed by atoms with Gasteiger partial charge in [-0.2, -0.15) is 0 Å². The van der Waals surface area contributed by atoms with Crippen molar-refractivity contribution in [3.63, 3.8) is 0 Å². The normalized spacial score (nSPS) is 11.6. The van der Waals surface area contributed by atoms with Crippen molar-refractivity contribution in [1.29, 1.82) is 0 Å². The minimum Gasteiger partial charge on any atom is -0.456 e. The zero-order chi connectivity index (χ0) is 40.3. The van der Waals surface area contributed by atoms with E-state index in [2.05, 4.69) is 212 Å². The summed E-state index contributed by atoms with van der Waals surface area (Å²) in [6.45, 7) is 0. The Morgan fingerprint density at radius 2 is 0.869 bits per heavy atom. The first-order chi connectivity index (χ1) is 30.2. The van der Waals surface area contributed by atoms with E-state index in [1.54, 1.807) is 0 Å². The number of benzene rings is 10. The molecule has 0 N–H and O–H groups in total. The van der Waals surface area contributed by atoms with Crippen molar-refractivity contribution in [2.75, 3.05) is 0 Å². The largest absolute Gasteiger partial charge is 0.456 e. The smallest absolute Gasteiger partial charge is 0.160 e. The topological polar surface area (TPSA) is 38.9 Å². The number of hydrogen-bond donors (Lipinski definition) is 0. The summed E-state index contributed by atoms with van der Waals surface area (Å²) in [5.41, 5.74) is 13.5. The van der Waals surface area contributed by atoms with Gasteiger partial charge in [0, 0.05) is 27.5 Å². The minimum atomic E-state index is 0.676. The molecule has 0 amide bonds. The summed E-state index contributed by atoms with van der Waals surface area (Å²) in [4.78, 5) is 10.6. The second-order valence-electron chi connectivity index (χ2n) is 15.7. The van der Waals surface area contributed by atoms with Gasteiger partial charge < -0.3 is 4.42 Å². The molecule has 0 aliphatic rings. The summed E-state index contributed by atoms with van der Waals surface area (Å²) in [5, 5.41) is 9.26. The van der Waals surface area contributed by atoms with Gasteiger partial charge in [-0.05, 0) is 96.0 Å². The molecule has 0 spiro atoms. The van der Waals surface area contributed by atoms with Gasteiger partial charge in [0.25, 0.3) is 0 Å². The van der Waals surface area contributed by atoms with Crippen LogP contribution in [0, 0.1) is 0 Å². The highest BCUT2D eigenvalue weighted by molar-refractivity contribution is 6.22. The number of hydrogen-bond acceptors (Lipinski definition) is 3. The predicted octanol–water partition coefficient (Wildman–Crippen LogP) is 15.8. The van der Waals surface area contributed by atoms with Gasteiger partial charge >= 0.3 is 0 Å². The van der Waals surface area contributed by atoms with E-state index in [1.807, 2.05) is 6.07 Å². The van der Waals surface area contributed by atoms with Crippen LogP contribution in [-0.4, -0.2) is 9.97 Å². The Hall–Kier alpha value is -8.14. The van der Waals surface area contributed by atoms with E-state index < -0.39 is 0 Å². The van der Waals surface area contributed by atoms with Gasteiger partial charge in [-0.25, -0.2) is 9.97 Å². The van der Waals surface area contributed by atoms with Crippen molar-refractivity contribution < 1.29 is 4.42 Å². The van der Waals surface area contributed by atoms with Gasteiger partial charge in [0.2, 0.25) is 0 Å². The molecule has 2 aromatic heterocycles. The molecule has 0 radical (unpaired) electrons. The van der Waals surface area contributed by atoms with Crippen molar-refractivity contribution in [1.82, 2.24) is 9.97 Å². The Labute approximate surface area is 352 Å². The van der Waals surface area contributed by atoms with E-state index in [1.165, 1.54) is 32.8 Å². The molecule has 0 aliphatic heterocycles. The Balaban J connectivity index is 0.991. The number of nitrogens with zero attached hydrogens (tertiary/aromatic N) is 2. The third-order valence-corrected chi connectivity index (χ3v) is 12.1. The molecule has 3 heteroatoms. The maximum atomic E-state index is 6.72. The number of rotatable bonds is 6. The van der Waals surface area contributed by atoms with Crippen molar-refractivity contribution in [2.45, 2.75) is 0 Å². The molecule has 0 bridgehead atoms. The highest BCUT2D eigenvalue weighted by atomic mass is 16.3. The first kappa shape index (κ1) is 34.9. The average Bonchev–Trinajstić information content (AvgIpc) is 3.72. The summed E-state index contributed by atoms with van der Waals surface area (Å²) >= 11 is 0. The van der Waals surface area contributed by atoms with E-state index in [4.69, 9.17) is 14.4 Å². The maximum Gasteiger partial charge on any atom is 0.160 e. The van der Waals surface area contributed by atoms with Crippen LogP contribution in [0.3, 0.4) is 0 Å². The van der Waals surface area contributed by atoms with Crippen LogP contribution in [0.15, 0.2) is 223 Å². The molecule has 61 heavy (non-hydrogen) atoms. The van der Waals surface area contributed by atoms with Crippen LogP contribution in [0.5, 0.6) is 0 Å². The summed E-state index contributed by atoms with van der Waals surface area (Å²) in [7, 11) is 0. The molecule has 2 heterocycles. The zero-order valence-corrected chi connectivity index (χ0v) is 33.1. The third kappa shape index (κ3) is 6.14. The molecule has 0 fully saturated rings. The van der Waals surface area contributed by atoms with Gasteiger partial charge in [0.1, 0.15) is 11.2 Å². The number of fused-ring (bicyclic) bond motifs is 7. The number of furan rings is 1. The first-order valence-corrected chi connectivity index (χ1v) is 20.7. The molecule has 3 nitrogen and oxygen atoms in total. The zero-order valence-electron chi connectivity index (χ0n) is 33.1. The number of aromatic nitrogens is 2. The average molecular weight is 777 g/mol. The second kappa shape index (κ2) is 14.3. The summed E-state index contributed by atoms with van der Waals surface area (Å²) in [6.07, 6.45) is 0. The predicted molar refractivity (Wildman–Crippen MR) is 254 cm³/mol. The van der Waals surface area contributed by atoms with Crippen molar-refractivity contribution in [3.05, 3.63) is 218 Å². The first-order valence-electron chi connectivity index (χ1n) is 20.7. The quantitative estimate of drug-likeness (QED) is 0.169. The fourth-order valence-corrected chi connectivity index (χ4v) is 9.01. The van der Waals surface area contributed by atoms with Crippen LogP contribution in [0.2, 0.25) is 0 Å². The van der Waals surface area contributed by atoms with Crippen LogP contribution < -0.4 is 0 Å². The van der Waals surface area contributed by atoms with E-state index in [0.29, 0.717) is 5.82 Å². The fraction of sp³-hybridized carbons (Fsp3) is 0. The summed E-state index contributed by atoms with van der Waals surface area (Å²) in [6, 6.07) is 77.5. The summed E-state index contributed by atoms with van der Waals surface area (Å²) in [5.74, 6) is 0.676. The molecular weight excluding hydrogens is 741 g/mol. The molecule has 0 unspecified atom stereocenters. The molecule has 0 aliphatic carbocycles. The van der Waals surface area contributed by atoms with E-state index in [0.717, 1.165) is 82.9 Å². The van der Waals surface area contributed by atoms with Gasteiger partial charge in [0.15, 0.2) is 5.82 Å². The fourth-order valence-electron chi connectivity index (χ4n) is 9.01. The van der Waals surface area contributed by atoms with Crippen LogP contribution in [0.4, 0.5) is 0 Å². The highest BCUT2D eigenvalue weighted by Crippen LogP contribution is 2.42. The molecule has 12 rings (SSSR count). The minimum absolute atomic E-state index is 0.676. The third-order valence-electron chi connectivity index (χ3n) is 12.1. The molecule has 0 saturated heterocycles. The maximum absolute atomic E-state index is 6.72. The van der Waals surface area contributed by atoms with Crippen molar-refractivity contribution in [3.8, 4) is 67.3 Å². The molecule has 12 aromatic rings. The van der Waals surface area contributed by atoms with Crippen LogP contribution >= 0.6 is 0 Å². The highest BCUT2D eigenvalue weighted by Gasteiger charge is 2.19. The van der Waals surface area contributed by atoms with Gasteiger partial charge in [-0.15, -0.1) is 0 Å². The van der Waals surface area contributed by atoms with Crippen LogP contribution in [-0.2, 0) is 0 Å².